The van der Waals surface area contributed by atoms with Crippen molar-refractivity contribution < 1.29 is 14.7 Å². The molecule has 88 valence electrons. The molecule has 0 aliphatic carbocycles. The molecule has 15 heavy (non-hydrogen) atoms. The summed E-state index contributed by atoms with van der Waals surface area (Å²) in [7, 11) is 0. The lowest BCUT2D eigenvalue weighted by Crippen LogP contribution is -2.20. The number of Topliss-reactive ketones (excluding diaryl/α,β-unsaturated/α-hetero) is 1. The number of carbonyl (C=O) groups is 2. The first-order valence-corrected chi connectivity index (χ1v) is 5.74. The molecular formula is C12H22O3. The van der Waals surface area contributed by atoms with Crippen molar-refractivity contribution in [3.05, 3.63) is 0 Å². The van der Waals surface area contributed by atoms with E-state index in [1.807, 2.05) is 0 Å². The lowest BCUT2D eigenvalue weighted by Gasteiger charge is -2.11. The van der Waals surface area contributed by atoms with Gasteiger partial charge in [0.25, 0.3) is 0 Å². The van der Waals surface area contributed by atoms with E-state index < -0.39 is 11.9 Å². The van der Waals surface area contributed by atoms with Crippen molar-refractivity contribution in [1.29, 1.82) is 0 Å². The van der Waals surface area contributed by atoms with Crippen molar-refractivity contribution in [3.63, 3.8) is 0 Å². The number of aliphatic carboxylic acids is 1. The van der Waals surface area contributed by atoms with E-state index in [4.69, 9.17) is 5.11 Å². The number of carbonyl (C=O) groups excluding carboxylic acids is 1. The van der Waals surface area contributed by atoms with Crippen LogP contribution in [0.15, 0.2) is 0 Å². The summed E-state index contributed by atoms with van der Waals surface area (Å²) in [6.45, 7) is 5.72. The van der Waals surface area contributed by atoms with Crippen LogP contribution < -0.4 is 0 Å². The average molecular weight is 214 g/mol. The van der Waals surface area contributed by atoms with E-state index >= 15 is 0 Å². The zero-order chi connectivity index (χ0) is 11.8. The Bertz CT molecular complexity index is 211. The van der Waals surface area contributed by atoms with Crippen LogP contribution in [0.4, 0.5) is 0 Å². The Kier molecular flexibility index (Phi) is 7.01. The maximum atomic E-state index is 11.4. The van der Waals surface area contributed by atoms with Crippen LogP contribution in [0.25, 0.3) is 0 Å². The predicted octanol–water partition coefficient (Wildman–Crippen LogP) is 2.88. The smallest absolute Gasteiger partial charge is 0.313 e. The van der Waals surface area contributed by atoms with Crippen LogP contribution in [0, 0.1) is 11.8 Å². The maximum Gasteiger partial charge on any atom is 0.313 e. The van der Waals surface area contributed by atoms with Crippen LogP contribution in [0.1, 0.15) is 52.9 Å². The van der Waals surface area contributed by atoms with Gasteiger partial charge in [0.05, 0.1) is 0 Å². The first-order chi connectivity index (χ1) is 6.99. The molecule has 0 aliphatic heterocycles. The van der Waals surface area contributed by atoms with Gasteiger partial charge in [-0.05, 0) is 19.3 Å². The molecule has 0 aromatic heterocycles. The zero-order valence-corrected chi connectivity index (χ0v) is 9.95. The van der Waals surface area contributed by atoms with Crippen LogP contribution >= 0.6 is 0 Å². The summed E-state index contributed by atoms with van der Waals surface area (Å²) >= 11 is 0. The van der Waals surface area contributed by atoms with Gasteiger partial charge >= 0.3 is 5.97 Å². The second kappa shape index (κ2) is 7.43. The highest BCUT2D eigenvalue weighted by Crippen LogP contribution is 2.15. The van der Waals surface area contributed by atoms with Crippen molar-refractivity contribution in [3.8, 4) is 0 Å². The summed E-state index contributed by atoms with van der Waals surface area (Å²) < 4.78 is 0. The Hall–Kier alpha value is -0.860. The van der Waals surface area contributed by atoms with Gasteiger partial charge in [0, 0.05) is 6.42 Å². The minimum atomic E-state index is -1.01. The summed E-state index contributed by atoms with van der Waals surface area (Å²) in [6.07, 6.45) is 4.70. The molecule has 0 bridgehead atoms. The first kappa shape index (κ1) is 14.1. The molecule has 0 saturated carbocycles. The number of carboxylic acid groups (broad SMARTS) is 1. The molecule has 2 atom stereocenters. The summed E-state index contributed by atoms with van der Waals surface area (Å²) in [6, 6.07) is 0. The number of unbranched alkanes of at least 4 members (excludes halogenated alkanes) is 1. The second-order valence-electron chi connectivity index (χ2n) is 4.31. The molecule has 0 saturated heterocycles. The van der Waals surface area contributed by atoms with Crippen molar-refractivity contribution in [1.82, 2.24) is 0 Å². The molecule has 0 spiro atoms. The molecule has 1 N–H and O–H groups in total. The monoisotopic (exact) mass is 214 g/mol. The Morgan fingerprint density at radius 3 is 2.27 bits per heavy atom. The lowest BCUT2D eigenvalue weighted by molar-refractivity contribution is -0.145. The topological polar surface area (TPSA) is 54.4 Å². The Morgan fingerprint density at radius 1 is 1.20 bits per heavy atom. The molecule has 0 aromatic rings. The minimum absolute atomic E-state index is 0.147. The van der Waals surface area contributed by atoms with Gasteiger partial charge in [-0.15, -0.1) is 0 Å². The quantitative estimate of drug-likeness (QED) is 0.632. The van der Waals surface area contributed by atoms with Gasteiger partial charge in [-0.3, -0.25) is 9.59 Å². The normalized spacial score (nSPS) is 14.6. The molecule has 0 rings (SSSR count). The van der Waals surface area contributed by atoms with Crippen LogP contribution in [0.3, 0.4) is 0 Å². The van der Waals surface area contributed by atoms with E-state index in [0.717, 1.165) is 12.8 Å². The number of hydrogen-bond donors (Lipinski definition) is 1. The van der Waals surface area contributed by atoms with Crippen LogP contribution in [0.2, 0.25) is 0 Å². The zero-order valence-electron chi connectivity index (χ0n) is 9.95. The third-order valence-corrected chi connectivity index (χ3v) is 2.79. The minimum Gasteiger partial charge on any atom is -0.481 e. The maximum absolute atomic E-state index is 11.4. The van der Waals surface area contributed by atoms with Gasteiger partial charge < -0.3 is 5.11 Å². The van der Waals surface area contributed by atoms with Gasteiger partial charge in [-0.25, -0.2) is 0 Å². The van der Waals surface area contributed by atoms with Crippen LogP contribution in [0.5, 0.6) is 0 Å². The van der Waals surface area contributed by atoms with Crippen molar-refractivity contribution in [2.45, 2.75) is 52.9 Å². The molecule has 0 aromatic carbocycles. The molecule has 0 radical (unpaired) electrons. The molecule has 0 aliphatic rings. The van der Waals surface area contributed by atoms with E-state index in [9.17, 15) is 9.59 Å². The standard InChI is InChI=1S/C12H22O3/c1-4-5-6-9(2)7-8-11(13)10(3)12(14)15/h9-10H,4-8H2,1-3H3,(H,14,15)/t9?,10-/m1/s1. The summed E-state index contributed by atoms with van der Waals surface area (Å²) in [5.74, 6) is -1.48. The van der Waals surface area contributed by atoms with Gasteiger partial charge in [0.1, 0.15) is 11.7 Å². The fourth-order valence-corrected chi connectivity index (χ4v) is 1.44. The Labute approximate surface area is 91.9 Å². The molecule has 3 nitrogen and oxygen atoms in total. The summed E-state index contributed by atoms with van der Waals surface area (Å²) in [4.78, 5) is 21.9. The van der Waals surface area contributed by atoms with Gasteiger partial charge in [0.2, 0.25) is 0 Å². The molecule has 0 amide bonds. The molecule has 0 heterocycles. The van der Waals surface area contributed by atoms with Crippen molar-refractivity contribution in [2.75, 3.05) is 0 Å². The Balaban J connectivity index is 3.75. The lowest BCUT2D eigenvalue weighted by atomic mass is 9.94. The molecule has 3 heteroatoms. The number of ketones is 1. The third-order valence-electron chi connectivity index (χ3n) is 2.79. The van der Waals surface area contributed by atoms with E-state index in [0.29, 0.717) is 12.3 Å². The van der Waals surface area contributed by atoms with Gasteiger partial charge in [0.15, 0.2) is 0 Å². The van der Waals surface area contributed by atoms with E-state index in [2.05, 4.69) is 13.8 Å². The Morgan fingerprint density at radius 2 is 1.80 bits per heavy atom. The highest BCUT2D eigenvalue weighted by Gasteiger charge is 2.20. The van der Waals surface area contributed by atoms with Crippen molar-refractivity contribution in [2.24, 2.45) is 11.8 Å². The van der Waals surface area contributed by atoms with Gasteiger partial charge in [-0.2, -0.15) is 0 Å². The van der Waals surface area contributed by atoms with E-state index in [1.165, 1.54) is 19.8 Å². The van der Waals surface area contributed by atoms with Gasteiger partial charge in [-0.1, -0.05) is 33.1 Å². The van der Waals surface area contributed by atoms with Crippen LogP contribution in [-0.4, -0.2) is 16.9 Å². The van der Waals surface area contributed by atoms with E-state index in [-0.39, 0.29) is 5.78 Å². The first-order valence-electron chi connectivity index (χ1n) is 5.74. The number of rotatable bonds is 8. The fourth-order valence-electron chi connectivity index (χ4n) is 1.44. The highest BCUT2D eigenvalue weighted by molar-refractivity contribution is 5.97. The largest absolute Gasteiger partial charge is 0.481 e. The number of carboxylic acids is 1. The summed E-state index contributed by atoms with van der Waals surface area (Å²) in [5.41, 5.74) is 0. The molecule has 0 fully saturated rings. The van der Waals surface area contributed by atoms with E-state index in [1.54, 1.807) is 0 Å². The second-order valence-corrected chi connectivity index (χ2v) is 4.31. The summed E-state index contributed by atoms with van der Waals surface area (Å²) in [5, 5.41) is 8.64. The highest BCUT2D eigenvalue weighted by atomic mass is 16.4. The predicted molar refractivity (Wildman–Crippen MR) is 59.7 cm³/mol. The molecular weight excluding hydrogens is 192 g/mol. The van der Waals surface area contributed by atoms with Crippen molar-refractivity contribution >= 4 is 11.8 Å². The molecule has 1 unspecified atom stereocenters. The average Bonchev–Trinajstić information content (AvgIpc) is 2.21. The number of hydrogen-bond acceptors (Lipinski definition) is 2. The third kappa shape index (κ3) is 6.26. The fraction of sp³-hybridized carbons (Fsp3) is 0.833. The SMILES string of the molecule is CCCCC(C)CCC(=O)[C@@H](C)C(=O)O. The van der Waals surface area contributed by atoms with Crippen LogP contribution in [-0.2, 0) is 9.59 Å².